The molecule has 1 amide bonds. The maximum atomic E-state index is 15.7. The van der Waals surface area contributed by atoms with Gasteiger partial charge in [0.2, 0.25) is 5.91 Å². The molecule has 1 unspecified atom stereocenters. The Morgan fingerprint density at radius 3 is 2.51 bits per heavy atom. The molecule has 3 aromatic rings. The highest BCUT2D eigenvalue weighted by Crippen LogP contribution is 2.43. The predicted molar refractivity (Wildman–Crippen MR) is 143 cm³/mol. The van der Waals surface area contributed by atoms with Gasteiger partial charge in [-0.05, 0) is 37.1 Å². The second-order valence-corrected chi connectivity index (χ2v) is 10.8. The van der Waals surface area contributed by atoms with E-state index >= 15 is 8.78 Å². The van der Waals surface area contributed by atoms with Gasteiger partial charge in [-0.1, -0.05) is 12.1 Å². The van der Waals surface area contributed by atoms with Gasteiger partial charge in [-0.25, -0.2) is 13.6 Å². The average Bonchev–Trinajstić information content (AvgIpc) is 3.23. The number of nitrogens with zero attached hydrogens (tertiary/aromatic N) is 3. The van der Waals surface area contributed by atoms with Gasteiger partial charge in [0.15, 0.2) is 5.58 Å². The highest BCUT2D eigenvalue weighted by molar-refractivity contribution is 5.87. The number of carbonyl (C=O) groups excluding carboxylic acids is 1. The van der Waals surface area contributed by atoms with E-state index in [4.69, 9.17) is 4.42 Å². The number of oxazole rings is 1. The molecule has 0 radical (unpaired) electrons. The van der Waals surface area contributed by atoms with Gasteiger partial charge in [0.05, 0.1) is 24.1 Å². The van der Waals surface area contributed by atoms with E-state index in [9.17, 15) is 22.8 Å². The van der Waals surface area contributed by atoms with Crippen molar-refractivity contribution in [3.63, 3.8) is 0 Å². The minimum atomic E-state index is -4.62. The number of aromatic nitrogens is 1. The number of benzene rings is 2. The van der Waals surface area contributed by atoms with Crippen LogP contribution in [0.1, 0.15) is 29.7 Å². The molecule has 220 valence electrons. The molecule has 2 aromatic carbocycles. The van der Waals surface area contributed by atoms with Gasteiger partial charge in [-0.3, -0.25) is 19.6 Å². The monoisotopic (exact) mass is 579 g/mol. The molecule has 0 aliphatic carbocycles. The molecule has 2 aliphatic rings. The Morgan fingerprint density at radius 2 is 1.88 bits per heavy atom. The Labute approximate surface area is 232 Å². The summed E-state index contributed by atoms with van der Waals surface area (Å²) in [7, 11) is 3.31. The predicted octanol–water partition coefficient (Wildman–Crippen LogP) is 4.04. The van der Waals surface area contributed by atoms with Crippen molar-refractivity contribution in [2.24, 2.45) is 0 Å². The quantitative estimate of drug-likeness (QED) is 0.325. The van der Waals surface area contributed by atoms with Crippen LogP contribution in [0.4, 0.5) is 27.6 Å². The van der Waals surface area contributed by atoms with E-state index in [2.05, 4.69) is 10.3 Å². The van der Waals surface area contributed by atoms with Gasteiger partial charge in [0.25, 0.3) is 0 Å². The number of anilines is 1. The number of alkyl halides is 3. The third kappa shape index (κ3) is 6.01. The highest BCUT2D eigenvalue weighted by Gasteiger charge is 2.43. The van der Waals surface area contributed by atoms with Crippen LogP contribution in [0.5, 0.6) is 0 Å². The number of likely N-dealkylation sites (N-methyl/N-ethyl adjacent to an activating group) is 1. The molecule has 2 aliphatic heterocycles. The van der Waals surface area contributed by atoms with Crippen LogP contribution in [-0.4, -0.2) is 84.1 Å². The van der Waals surface area contributed by atoms with Crippen LogP contribution in [0.25, 0.3) is 11.1 Å². The van der Waals surface area contributed by atoms with Crippen molar-refractivity contribution >= 4 is 22.7 Å². The number of hydrogen-bond donors (Lipinski definition) is 2. The number of amides is 1. The SMILES string of the molecule is C[C@@H]1Cc2c(ccc3[nH]c(=O)oc23)C(c2c(F)cc(NC3CN(C/C=C/C(=O)N(C)C)C3)cc2F)N1CC(F)(F)F. The summed E-state index contributed by atoms with van der Waals surface area (Å²) in [5, 5.41) is 3.07. The minimum absolute atomic E-state index is 0.0968. The summed E-state index contributed by atoms with van der Waals surface area (Å²) < 4.78 is 77.5. The van der Waals surface area contributed by atoms with Gasteiger partial charge in [0.1, 0.15) is 11.6 Å². The third-order valence-electron chi connectivity index (χ3n) is 7.53. The maximum absolute atomic E-state index is 15.7. The first-order valence-electron chi connectivity index (χ1n) is 13.1. The van der Waals surface area contributed by atoms with Crippen molar-refractivity contribution in [2.75, 3.05) is 45.6 Å². The van der Waals surface area contributed by atoms with Crippen molar-refractivity contribution in [2.45, 2.75) is 37.6 Å². The molecule has 2 atom stereocenters. The Kier molecular flexibility index (Phi) is 7.68. The largest absolute Gasteiger partial charge is 0.417 e. The number of fused-ring (bicyclic) bond motifs is 3. The van der Waals surface area contributed by atoms with Crippen LogP contribution in [0, 0.1) is 11.6 Å². The molecule has 5 rings (SSSR count). The molecular weight excluding hydrogens is 549 g/mol. The van der Waals surface area contributed by atoms with E-state index in [1.165, 1.54) is 23.1 Å². The van der Waals surface area contributed by atoms with Crippen LogP contribution < -0.4 is 11.1 Å². The summed E-state index contributed by atoms with van der Waals surface area (Å²) in [6.45, 7) is 1.87. The number of carbonyl (C=O) groups is 1. The molecule has 2 N–H and O–H groups in total. The molecule has 0 spiro atoms. The van der Waals surface area contributed by atoms with Gasteiger partial charge in [-0.15, -0.1) is 0 Å². The van der Waals surface area contributed by atoms with Crippen molar-refractivity contribution in [3.8, 4) is 0 Å². The zero-order valence-electron chi connectivity index (χ0n) is 22.7. The molecular formula is C28H30F5N5O3. The second-order valence-electron chi connectivity index (χ2n) is 10.8. The number of H-pyrrole nitrogens is 1. The highest BCUT2D eigenvalue weighted by atomic mass is 19.4. The first-order valence-corrected chi connectivity index (χ1v) is 13.1. The number of hydrogen-bond acceptors (Lipinski definition) is 6. The fourth-order valence-corrected chi connectivity index (χ4v) is 5.60. The van der Waals surface area contributed by atoms with E-state index in [0.717, 1.165) is 17.0 Å². The minimum Gasteiger partial charge on any atom is -0.408 e. The van der Waals surface area contributed by atoms with E-state index in [0.29, 0.717) is 30.7 Å². The first kappa shape index (κ1) is 28.8. The number of nitrogens with one attached hydrogen (secondary N) is 2. The van der Waals surface area contributed by atoms with Crippen molar-refractivity contribution in [1.82, 2.24) is 19.7 Å². The van der Waals surface area contributed by atoms with Crippen LogP contribution in [0.3, 0.4) is 0 Å². The van der Waals surface area contributed by atoms with Crippen LogP contribution in [-0.2, 0) is 11.2 Å². The molecule has 0 saturated carbocycles. The van der Waals surface area contributed by atoms with Gasteiger partial charge >= 0.3 is 11.9 Å². The molecule has 13 heteroatoms. The van der Waals surface area contributed by atoms with Gasteiger partial charge in [0, 0.05) is 62.7 Å². The van der Waals surface area contributed by atoms with E-state index in [-0.39, 0.29) is 35.2 Å². The van der Waals surface area contributed by atoms with Gasteiger partial charge < -0.3 is 14.6 Å². The summed E-state index contributed by atoms with van der Waals surface area (Å²) in [5.41, 5.74) is 0.885. The summed E-state index contributed by atoms with van der Waals surface area (Å²) >= 11 is 0. The smallest absolute Gasteiger partial charge is 0.408 e. The van der Waals surface area contributed by atoms with Crippen LogP contribution >= 0.6 is 0 Å². The molecule has 1 fully saturated rings. The summed E-state index contributed by atoms with van der Waals surface area (Å²) in [5.74, 6) is -2.82. The zero-order chi connectivity index (χ0) is 29.6. The Bertz CT molecular complexity index is 1520. The zero-order valence-corrected chi connectivity index (χ0v) is 22.7. The molecule has 1 aromatic heterocycles. The van der Waals surface area contributed by atoms with E-state index < -0.39 is 47.8 Å². The number of halogens is 5. The molecule has 1 saturated heterocycles. The number of aromatic amines is 1. The fourth-order valence-electron chi connectivity index (χ4n) is 5.60. The van der Waals surface area contributed by atoms with Crippen molar-refractivity contribution in [1.29, 1.82) is 0 Å². The molecule has 0 bridgehead atoms. The summed E-state index contributed by atoms with van der Waals surface area (Å²) in [4.78, 5) is 30.5. The Balaban J connectivity index is 1.41. The standard InChI is InChI=1S/C28H30F5N5O3/c1-15-9-19-18(6-7-22-26(19)41-27(40)35-22)25(38(15)14-28(31,32)33)24-20(29)10-16(11-21(24)30)34-17-12-37(13-17)8-4-5-23(39)36(2)3/h4-7,10-11,15,17,25,34H,8-9,12-14H2,1-3H3,(H,35,40)/b5-4+/t15-,25?/m1/s1. The fraction of sp³-hybridized carbons (Fsp3) is 0.429. The van der Waals surface area contributed by atoms with Crippen molar-refractivity contribution < 1.29 is 31.2 Å². The molecule has 41 heavy (non-hydrogen) atoms. The van der Waals surface area contributed by atoms with Crippen molar-refractivity contribution in [3.05, 3.63) is 75.3 Å². The van der Waals surface area contributed by atoms with E-state index in [1.54, 1.807) is 27.1 Å². The molecule has 8 nitrogen and oxygen atoms in total. The lowest BCUT2D eigenvalue weighted by Gasteiger charge is -2.42. The lowest BCUT2D eigenvalue weighted by Crippen LogP contribution is -2.54. The topological polar surface area (TPSA) is 84.8 Å². The van der Waals surface area contributed by atoms with Crippen LogP contribution in [0.15, 0.2) is 45.6 Å². The third-order valence-corrected chi connectivity index (χ3v) is 7.53. The maximum Gasteiger partial charge on any atom is 0.417 e. The lowest BCUT2D eigenvalue weighted by atomic mass is 9.84. The number of likely N-dealkylation sites (tertiary alicyclic amines) is 1. The Morgan fingerprint density at radius 1 is 1.20 bits per heavy atom. The molecule has 3 heterocycles. The average molecular weight is 580 g/mol. The lowest BCUT2D eigenvalue weighted by molar-refractivity contribution is -0.155. The van der Waals surface area contributed by atoms with Crippen LogP contribution in [0.2, 0.25) is 0 Å². The number of rotatable bonds is 7. The van der Waals surface area contributed by atoms with Gasteiger partial charge in [-0.2, -0.15) is 13.2 Å². The summed E-state index contributed by atoms with van der Waals surface area (Å²) in [6, 6.07) is 2.88. The first-order chi connectivity index (χ1) is 19.3. The summed E-state index contributed by atoms with van der Waals surface area (Å²) in [6.07, 6.45) is -1.30. The second kappa shape index (κ2) is 10.9. The Hall–Kier alpha value is -3.71. The normalized spacial score (nSPS) is 20.4. The van der Waals surface area contributed by atoms with E-state index in [1.807, 2.05) is 4.90 Å².